The van der Waals surface area contributed by atoms with Crippen LogP contribution in [0.3, 0.4) is 0 Å². The number of halogens is 3. The van der Waals surface area contributed by atoms with Crippen LogP contribution in [0.5, 0.6) is 11.5 Å². The number of nitrogens with zero attached hydrogens (tertiary/aromatic N) is 1. The third-order valence-corrected chi connectivity index (χ3v) is 8.94. The van der Waals surface area contributed by atoms with Crippen molar-refractivity contribution in [2.24, 2.45) is 0 Å². The molecule has 7 nitrogen and oxygen atoms in total. The molecule has 3 aromatic rings. The maximum absolute atomic E-state index is 13.4. The van der Waals surface area contributed by atoms with Gasteiger partial charge in [-0.1, -0.05) is 74.2 Å². The van der Waals surface area contributed by atoms with Gasteiger partial charge in [-0.05, 0) is 105 Å². The molecule has 276 valence electrons. The molecule has 0 atom stereocenters. The van der Waals surface area contributed by atoms with E-state index in [1.54, 1.807) is 18.2 Å². The zero-order valence-electron chi connectivity index (χ0n) is 29.8. The lowest BCUT2D eigenvalue weighted by Gasteiger charge is -2.25. The molecule has 1 amide bonds. The highest BCUT2D eigenvalue weighted by atomic mass is 19.4. The topological polar surface area (TPSA) is 74.3 Å². The standard InChI is InChI=1S/C41H50F3NO6/c1-3-49-37(33-19-15-20-33)21-11-6-4-5-7-14-29-50-38-27-24-34(32-22-25-35(26-23-32)51-41(42,43)44)30-36(38)45(39(46)40(47)48-2)28-13-12-18-31-16-9-8-10-17-31/h8-10,16-17,22-27,30H,3-7,11-15,18-21,28-29H2,1-2H3. The normalized spacial score (nSPS) is 12.5. The predicted octanol–water partition coefficient (Wildman–Crippen LogP) is 10.4. The highest BCUT2D eigenvalue weighted by Crippen LogP contribution is 2.36. The van der Waals surface area contributed by atoms with Gasteiger partial charge in [0.25, 0.3) is 0 Å². The molecule has 0 aromatic heterocycles. The lowest BCUT2D eigenvalue weighted by Crippen LogP contribution is -2.38. The van der Waals surface area contributed by atoms with Crippen molar-refractivity contribution in [3.8, 4) is 22.6 Å². The molecule has 4 rings (SSSR count). The summed E-state index contributed by atoms with van der Waals surface area (Å²) in [6.07, 6.45) is 8.32. The average molecular weight is 710 g/mol. The number of ether oxygens (including phenoxy) is 4. The molecule has 1 saturated carbocycles. The maximum Gasteiger partial charge on any atom is 0.573 e. The molecule has 1 aliphatic carbocycles. The summed E-state index contributed by atoms with van der Waals surface area (Å²) in [7, 11) is 1.16. The van der Waals surface area contributed by atoms with Crippen LogP contribution in [0.4, 0.5) is 18.9 Å². The molecule has 0 heterocycles. The van der Waals surface area contributed by atoms with E-state index in [9.17, 15) is 22.8 Å². The fourth-order valence-electron chi connectivity index (χ4n) is 6.09. The van der Waals surface area contributed by atoms with E-state index in [4.69, 9.17) is 14.2 Å². The van der Waals surface area contributed by atoms with Gasteiger partial charge in [0, 0.05) is 13.0 Å². The Morgan fingerprint density at radius 2 is 1.49 bits per heavy atom. The zero-order chi connectivity index (χ0) is 36.5. The van der Waals surface area contributed by atoms with Crippen LogP contribution in [0, 0.1) is 0 Å². The summed E-state index contributed by atoms with van der Waals surface area (Å²) in [5, 5.41) is 0. The lowest BCUT2D eigenvalue weighted by atomic mass is 9.90. The van der Waals surface area contributed by atoms with Crippen LogP contribution >= 0.6 is 0 Å². The van der Waals surface area contributed by atoms with Gasteiger partial charge in [-0.15, -0.1) is 13.2 Å². The number of hydrogen-bond donors (Lipinski definition) is 0. The third kappa shape index (κ3) is 13.0. The number of carbonyl (C=O) groups is 2. The van der Waals surface area contributed by atoms with Gasteiger partial charge in [0.1, 0.15) is 11.5 Å². The summed E-state index contributed by atoms with van der Waals surface area (Å²) in [6.45, 7) is 3.42. The van der Waals surface area contributed by atoms with Crippen molar-refractivity contribution in [2.75, 3.05) is 31.8 Å². The number of anilines is 1. The van der Waals surface area contributed by atoms with E-state index in [-0.39, 0.29) is 12.3 Å². The number of esters is 1. The van der Waals surface area contributed by atoms with Gasteiger partial charge in [0.2, 0.25) is 0 Å². The van der Waals surface area contributed by atoms with Gasteiger partial charge >= 0.3 is 18.2 Å². The summed E-state index contributed by atoms with van der Waals surface area (Å²) >= 11 is 0. The second-order valence-corrected chi connectivity index (χ2v) is 12.7. The number of allylic oxidation sites excluding steroid dienone is 2. The van der Waals surface area contributed by atoms with Crippen molar-refractivity contribution < 1.29 is 41.7 Å². The van der Waals surface area contributed by atoms with Crippen LogP contribution in [0.15, 0.2) is 84.1 Å². The Balaban J connectivity index is 1.42. The minimum absolute atomic E-state index is 0.237. The first-order valence-electron chi connectivity index (χ1n) is 18.1. The second kappa shape index (κ2) is 20.4. The maximum atomic E-state index is 13.4. The highest BCUT2D eigenvalue weighted by molar-refractivity contribution is 6.38. The molecular weight excluding hydrogens is 659 g/mol. The number of carbonyl (C=O) groups excluding carboxylic acids is 2. The van der Waals surface area contributed by atoms with E-state index in [0.29, 0.717) is 35.6 Å². The van der Waals surface area contributed by atoms with Crippen LogP contribution in [-0.4, -0.2) is 45.1 Å². The SMILES string of the molecule is CCOC(CCCCCCCCOc1ccc(-c2ccc(OC(F)(F)F)cc2)cc1N(CCCCc1ccccc1)C(=O)C(=O)OC)=C1CCC1. The molecule has 3 aromatic carbocycles. The van der Waals surface area contributed by atoms with Crippen LogP contribution in [0.25, 0.3) is 11.1 Å². The Bertz CT molecular complexity index is 1550. The fourth-order valence-corrected chi connectivity index (χ4v) is 6.09. The third-order valence-electron chi connectivity index (χ3n) is 8.94. The van der Waals surface area contributed by atoms with Crippen molar-refractivity contribution in [1.29, 1.82) is 0 Å². The molecule has 10 heteroatoms. The fraction of sp³-hybridized carbons (Fsp3) is 0.463. The Morgan fingerprint density at radius 3 is 2.14 bits per heavy atom. The van der Waals surface area contributed by atoms with Gasteiger partial charge in [-0.2, -0.15) is 0 Å². The molecule has 0 spiro atoms. The quantitative estimate of drug-likeness (QED) is 0.0503. The first kappa shape index (κ1) is 39.3. The van der Waals surface area contributed by atoms with Crippen LogP contribution in [0.2, 0.25) is 0 Å². The molecule has 0 saturated heterocycles. The van der Waals surface area contributed by atoms with Gasteiger partial charge < -0.3 is 18.9 Å². The first-order chi connectivity index (χ1) is 24.7. The average Bonchev–Trinajstić information content (AvgIpc) is 3.10. The number of rotatable bonds is 20. The van der Waals surface area contributed by atoms with Gasteiger partial charge in [0.05, 0.1) is 31.8 Å². The number of aryl methyl sites for hydroxylation is 1. The molecule has 0 radical (unpaired) electrons. The molecule has 0 bridgehead atoms. The highest BCUT2D eigenvalue weighted by Gasteiger charge is 2.31. The minimum Gasteiger partial charge on any atom is -0.498 e. The molecule has 0 N–H and O–H groups in total. The molecule has 1 fully saturated rings. The van der Waals surface area contributed by atoms with Crippen molar-refractivity contribution in [3.63, 3.8) is 0 Å². The van der Waals surface area contributed by atoms with Crippen LogP contribution in [0.1, 0.15) is 89.5 Å². The summed E-state index contributed by atoms with van der Waals surface area (Å²) in [5.41, 5.74) is 4.29. The summed E-state index contributed by atoms with van der Waals surface area (Å²) in [6, 6.07) is 20.7. The van der Waals surface area contributed by atoms with E-state index < -0.39 is 18.2 Å². The Labute approximate surface area is 299 Å². The van der Waals surface area contributed by atoms with Gasteiger partial charge in [0.15, 0.2) is 0 Å². The number of hydrogen-bond acceptors (Lipinski definition) is 6. The number of benzene rings is 3. The van der Waals surface area contributed by atoms with Gasteiger partial charge in [-0.25, -0.2) is 4.79 Å². The summed E-state index contributed by atoms with van der Waals surface area (Å²) in [4.78, 5) is 27.4. The van der Waals surface area contributed by atoms with E-state index in [0.717, 1.165) is 71.5 Å². The van der Waals surface area contributed by atoms with E-state index >= 15 is 0 Å². The minimum atomic E-state index is -4.80. The van der Waals surface area contributed by atoms with E-state index in [2.05, 4.69) is 4.74 Å². The predicted molar refractivity (Wildman–Crippen MR) is 193 cm³/mol. The zero-order valence-corrected chi connectivity index (χ0v) is 29.8. The molecular formula is C41H50F3NO6. The number of amides is 1. The molecule has 1 aliphatic rings. The van der Waals surface area contributed by atoms with Crippen molar-refractivity contribution in [1.82, 2.24) is 0 Å². The van der Waals surface area contributed by atoms with Crippen LogP contribution in [-0.2, 0) is 25.5 Å². The van der Waals surface area contributed by atoms with Gasteiger partial charge in [-0.3, -0.25) is 9.69 Å². The second-order valence-electron chi connectivity index (χ2n) is 12.7. The van der Waals surface area contributed by atoms with E-state index in [1.165, 1.54) is 65.3 Å². The first-order valence-corrected chi connectivity index (χ1v) is 18.1. The largest absolute Gasteiger partial charge is 0.573 e. The Hall–Kier alpha value is -4.47. The Morgan fingerprint density at radius 1 is 0.804 bits per heavy atom. The summed E-state index contributed by atoms with van der Waals surface area (Å²) < 4.78 is 59.2. The van der Waals surface area contributed by atoms with Crippen molar-refractivity contribution in [3.05, 3.63) is 89.7 Å². The smallest absolute Gasteiger partial charge is 0.498 e. The van der Waals surface area contributed by atoms with E-state index in [1.807, 2.05) is 37.3 Å². The Kier molecular flexibility index (Phi) is 15.7. The number of methoxy groups -OCH3 is 1. The lowest BCUT2D eigenvalue weighted by molar-refractivity contribution is -0.274. The molecule has 0 unspecified atom stereocenters. The number of alkyl halides is 3. The van der Waals surface area contributed by atoms with Crippen molar-refractivity contribution in [2.45, 2.75) is 96.8 Å². The molecule has 0 aliphatic heterocycles. The monoisotopic (exact) mass is 709 g/mol. The van der Waals surface area contributed by atoms with Crippen LogP contribution < -0.4 is 14.4 Å². The molecule has 51 heavy (non-hydrogen) atoms. The number of unbranched alkanes of at least 4 members (excludes halogenated alkanes) is 6. The van der Waals surface area contributed by atoms with Crippen molar-refractivity contribution >= 4 is 17.6 Å². The summed E-state index contributed by atoms with van der Waals surface area (Å²) in [5.74, 6) is -0.520.